The van der Waals surface area contributed by atoms with Crippen molar-refractivity contribution in [2.45, 2.75) is 38.1 Å². The van der Waals surface area contributed by atoms with Crippen molar-refractivity contribution in [3.05, 3.63) is 35.9 Å². The lowest BCUT2D eigenvalue weighted by atomic mass is 9.85. The molecule has 4 atom stereocenters. The highest BCUT2D eigenvalue weighted by Gasteiger charge is 2.45. The van der Waals surface area contributed by atoms with E-state index >= 15 is 0 Å². The first kappa shape index (κ1) is 11.3. The molecule has 0 radical (unpaired) electrons. The van der Waals surface area contributed by atoms with Gasteiger partial charge in [-0.1, -0.05) is 37.3 Å². The molecule has 0 N–H and O–H groups in total. The van der Waals surface area contributed by atoms with Crippen molar-refractivity contribution < 1.29 is 0 Å². The monoisotopic (exact) mass is 229 g/mol. The summed E-state index contributed by atoms with van der Waals surface area (Å²) in [5.41, 5.74) is 1.57. The molecule has 1 saturated carbocycles. The molecule has 0 bridgehead atoms. The van der Waals surface area contributed by atoms with Gasteiger partial charge in [-0.15, -0.1) is 0 Å². The van der Waals surface area contributed by atoms with Gasteiger partial charge in [0.15, 0.2) is 0 Å². The van der Waals surface area contributed by atoms with E-state index in [2.05, 4.69) is 49.2 Å². The van der Waals surface area contributed by atoms with Crippen LogP contribution in [0.1, 0.15) is 37.7 Å². The Balaban J connectivity index is 1.87. The standard InChI is InChI=1S/C16H23N/c1-12-11-14(12)16(13-7-4-3-5-8-13)15-9-6-10-17(15)2/h3-5,7-8,12,14-16H,6,9-11H2,1-2H3. The lowest BCUT2D eigenvalue weighted by molar-refractivity contribution is 0.252. The maximum Gasteiger partial charge on any atom is 0.0164 e. The van der Waals surface area contributed by atoms with E-state index in [9.17, 15) is 0 Å². The Morgan fingerprint density at radius 3 is 2.47 bits per heavy atom. The molecule has 0 spiro atoms. The molecule has 1 aliphatic heterocycles. The van der Waals surface area contributed by atoms with Gasteiger partial charge >= 0.3 is 0 Å². The molecule has 1 aliphatic carbocycles. The van der Waals surface area contributed by atoms with Gasteiger partial charge in [0.25, 0.3) is 0 Å². The third kappa shape index (κ3) is 2.13. The van der Waals surface area contributed by atoms with E-state index in [1.165, 1.54) is 25.8 Å². The molecular weight excluding hydrogens is 206 g/mol. The van der Waals surface area contributed by atoms with Gasteiger partial charge in [0, 0.05) is 12.0 Å². The Morgan fingerprint density at radius 1 is 1.24 bits per heavy atom. The van der Waals surface area contributed by atoms with Crippen molar-refractivity contribution in [3.63, 3.8) is 0 Å². The number of hydrogen-bond donors (Lipinski definition) is 0. The lowest BCUT2D eigenvalue weighted by Crippen LogP contribution is -2.32. The summed E-state index contributed by atoms with van der Waals surface area (Å²) in [5.74, 6) is 2.65. The number of likely N-dealkylation sites (tertiary alicyclic amines) is 1. The average Bonchev–Trinajstić information content (AvgIpc) is 2.90. The molecule has 4 unspecified atom stereocenters. The molecule has 1 heterocycles. The second-order valence-electron chi connectivity index (χ2n) is 6.00. The van der Waals surface area contributed by atoms with Crippen LogP contribution in [0.4, 0.5) is 0 Å². The van der Waals surface area contributed by atoms with Crippen LogP contribution in [0.5, 0.6) is 0 Å². The van der Waals surface area contributed by atoms with Gasteiger partial charge in [-0.25, -0.2) is 0 Å². The van der Waals surface area contributed by atoms with Crippen molar-refractivity contribution >= 4 is 0 Å². The molecule has 2 aliphatic rings. The van der Waals surface area contributed by atoms with Crippen LogP contribution in [0.2, 0.25) is 0 Å². The molecule has 1 nitrogen and oxygen atoms in total. The minimum Gasteiger partial charge on any atom is -0.303 e. The van der Waals surface area contributed by atoms with E-state index in [0.29, 0.717) is 0 Å². The van der Waals surface area contributed by atoms with Crippen molar-refractivity contribution in [2.24, 2.45) is 11.8 Å². The maximum absolute atomic E-state index is 2.59. The van der Waals surface area contributed by atoms with Crippen LogP contribution in [0.15, 0.2) is 30.3 Å². The summed E-state index contributed by atoms with van der Waals surface area (Å²) in [7, 11) is 2.31. The van der Waals surface area contributed by atoms with Gasteiger partial charge in [-0.2, -0.15) is 0 Å². The Kier molecular flexibility index (Phi) is 2.96. The Bertz CT molecular complexity index is 372. The minimum absolute atomic E-state index is 0.777. The minimum atomic E-state index is 0.777. The summed E-state index contributed by atoms with van der Waals surface area (Å²) in [5, 5.41) is 0. The number of likely N-dealkylation sites (N-methyl/N-ethyl adjacent to an activating group) is 1. The molecule has 0 amide bonds. The summed E-state index contributed by atoms with van der Waals surface area (Å²) in [6, 6.07) is 12.0. The first-order valence-electron chi connectivity index (χ1n) is 7.02. The zero-order valence-electron chi connectivity index (χ0n) is 11.0. The van der Waals surface area contributed by atoms with Gasteiger partial charge in [0.05, 0.1) is 0 Å². The van der Waals surface area contributed by atoms with Crippen LogP contribution >= 0.6 is 0 Å². The normalized spacial score (nSPS) is 34.8. The number of rotatable bonds is 3. The van der Waals surface area contributed by atoms with E-state index in [4.69, 9.17) is 0 Å². The fourth-order valence-corrected chi connectivity index (χ4v) is 3.67. The smallest absolute Gasteiger partial charge is 0.0164 e. The second kappa shape index (κ2) is 4.45. The summed E-state index contributed by atoms with van der Waals surface area (Å²) < 4.78 is 0. The third-order valence-corrected chi connectivity index (χ3v) is 4.81. The predicted octanol–water partition coefficient (Wildman–Crippen LogP) is 3.52. The van der Waals surface area contributed by atoms with Crippen molar-refractivity contribution in [3.8, 4) is 0 Å². The zero-order valence-corrected chi connectivity index (χ0v) is 11.0. The quantitative estimate of drug-likeness (QED) is 0.766. The predicted molar refractivity (Wildman–Crippen MR) is 72.1 cm³/mol. The zero-order chi connectivity index (χ0) is 11.8. The summed E-state index contributed by atoms with van der Waals surface area (Å²) in [6.45, 7) is 3.70. The number of nitrogens with zero attached hydrogens (tertiary/aromatic N) is 1. The molecule has 3 rings (SSSR count). The molecule has 1 heteroatoms. The molecule has 1 saturated heterocycles. The molecule has 1 aromatic carbocycles. The Hall–Kier alpha value is -0.820. The summed E-state index contributed by atoms with van der Waals surface area (Å²) in [4.78, 5) is 2.59. The van der Waals surface area contributed by atoms with Crippen molar-refractivity contribution in [1.29, 1.82) is 0 Å². The maximum atomic E-state index is 2.59. The third-order valence-electron chi connectivity index (χ3n) is 4.81. The highest BCUT2D eigenvalue weighted by atomic mass is 15.2. The van der Waals surface area contributed by atoms with Crippen LogP contribution in [-0.4, -0.2) is 24.5 Å². The Labute approximate surface area is 105 Å². The van der Waals surface area contributed by atoms with Crippen LogP contribution < -0.4 is 0 Å². The molecule has 2 fully saturated rings. The first-order chi connectivity index (χ1) is 8.27. The van der Waals surface area contributed by atoms with Crippen LogP contribution in [0, 0.1) is 11.8 Å². The van der Waals surface area contributed by atoms with Crippen LogP contribution in [0.3, 0.4) is 0 Å². The Morgan fingerprint density at radius 2 is 1.94 bits per heavy atom. The van der Waals surface area contributed by atoms with E-state index in [0.717, 1.165) is 23.8 Å². The highest BCUT2D eigenvalue weighted by molar-refractivity contribution is 5.25. The summed E-state index contributed by atoms with van der Waals surface area (Å²) in [6.07, 6.45) is 4.20. The largest absolute Gasteiger partial charge is 0.303 e. The van der Waals surface area contributed by atoms with Crippen molar-refractivity contribution in [2.75, 3.05) is 13.6 Å². The first-order valence-corrected chi connectivity index (χ1v) is 7.02. The van der Waals surface area contributed by atoms with Gasteiger partial charge in [0.1, 0.15) is 0 Å². The summed E-state index contributed by atoms with van der Waals surface area (Å²) >= 11 is 0. The van der Waals surface area contributed by atoms with E-state index < -0.39 is 0 Å². The van der Waals surface area contributed by atoms with Gasteiger partial charge in [-0.3, -0.25) is 0 Å². The molecule has 0 aromatic heterocycles. The highest BCUT2D eigenvalue weighted by Crippen LogP contribution is 2.51. The van der Waals surface area contributed by atoms with E-state index in [-0.39, 0.29) is 0 Å². The number of benzene rings is 1. The molecular formula is C16H23N. The van der Waals surface area contributed by atoms with Crippen LogP contribution in [-0.2, 0) is 0 Å². The van der Waals surface area contributed by atoms with Gasteiger partial charge in [0.2, 0.25) is 0 Å². The molecule has 1 aromatic rings. The fraction of sp³-hybridized carbons (Fsp3) is 0.625. The van der Waals surface area contributed by atoms with Crippen LogP contribution in [0.25, 0.3) is 0 Å². The molecule has 92 valence electrons. The lowest BCUT2D eigenvalue weighted by Gasteiger charge is -2.30. The van der Waals surface area contributed by atoms with E-state index in [1.54, 1.807) is 5.56 Å². The topological polar surface area (TPSA) is 3.24 Å². The SMILES string of the molecule is CC1CC1C(c1ccccc1)C1CCCN1C. The fourth-order valence-electron chi connectivity index (χ4n) is 3.67. The van der Waals surface area contributed by atoms with E-state index in [1.807, 2.05) is 0 Å². The molecule has 17 heavy (non-hydrogen) atoms. The van der Waals surface area contributed by atoms with Gasteiger partial charge < -0.3 is 4.90 Å². The average molecular weight is 229 g/mol. The van der Waals surface area contributed by atoms with Crippen molar-refractivity contribution in [1.82, 2.24) is 4.90 Å². The van der Waals surface area contributed by atoms with Gasteiger partial charge in [-0.05, 0) is 50.3 Å². The second-order valence-corrected chi connectivity index (χ2v) is 6.00. The number of hydrogen-bond acceptors (Lipinski definition) is 1.